The highest BCUT2D eigenvalue weighted by Crippen LogP contribution is 2.31. The normalized spacial score (nSPS) is 46.7. The minimum Gasteiger partial charge on any atom is -0.358 e. The van der Waals surface area contributed by atoms with Gasteiger partial charge < -0.3 is 10.5 Å². The van der Waals surface area contributed by atoms with Gasteiger partial charge in [-0.1, -0.05) is 0 Å². The molecule has 66 valence electrons. The molecule has 0 aromatic heterocycles. The molecule has 4 nitrogen and oxygen atoms in total. The summed E-state index contributed by atoms with van der Waals surface area (Å²) in [5, 5.41) is 11.8. The van der Waals surface area contributed by atoms with Gasteiger partial charge in [-0.15, -0.1) is 0 Å². The molecule has 0 aromatic carbocycles. The van der Waals surface area contributed by atoms with E-state index in [1.54, 1.807) is 0 Å². The summed E-state index contributed by atoms with van der Waals surface area (Å²) in [7, 11) is 0. The molecule has 0 spiro atoms. The topological polar surface area (TPSA) is 71.1 Å². The second-order valence-electron chi connectivity index (χ2n) is 3.54. The van der Waals surface area contributed by atoms with Gasteiger partial charge in [0.15, 0.2) is 0 Å². The fraction of sp³-hybridized carbons (Fsp3) is 0.875. The molecule has 4 heteroatoms. The molecule has 0 bridgehead atoms. The highest BCUT2D eigenvalue weighted by molar-refractivity contribution is 4.97. The molecule has 2 heterocycles. The lowest BCUT2D eigenvalue weighted by atomic mass is 9.91. The summed E-state index contributed by atoms with van der Waals surface area (Å²) in [6.45, 7) is 0.796. The van der Waals surface area contributed by atoms with Gasteiger partial charge in [0.05, 0.1) is 18.3 Å². The van der Waals surface area contributed by atoms with Crippen LogP contribution in [0.1, 0.15) is 12.8 Å². The maximum absolute atomic E-state index is 8.65. The molecule has 0 aromatic rings. The Labute approximate surface area is 71.7 Å². The van der Waals surface area contributed by atoms with Gasteiger partial charge in [0.25, 0.3) is 0 Å². The third-order valence-electron chi connectivity index (χ3n) is 2.66. The molecule has 3 N–H and O–H groups in total. The van der Waals surface area contributed by atoms with Crippen LogP contribution in [0.5, 0.6) is 0 Å². The predicted molar refractivity (Wildman–Crippen MR) is 43.0 cm³/mol. The average Bonchev–Trinajstić information content (AvgIpc) is 2.46. The van der Waals surface area contributed by atoms with E-state index in [4.69, 9.17) is 15.7 Å². The summed E-state index contributed by atoms with van der Waals surface area (Å²) >= 11 is 0. The van der Waals surface area contributed by atoms with Crippen LogP contribution in [-0.2, 0) is 4.74 Å². The maximum Gasteiger partial charge on any atom is 0.144 e. The Morgan fingerprint density at radius 1 is 1.50 bits per heavy atom. The van der Waals surface area contributed by atoms with Crippen molar-refractivity contribution in [2.75, 3.05) is 6.54 Å². The molecule has 0 amide bonds. The highest BCUT2D eigenvalue weighted by atomic mass is 16.5. The number of hydrogen-bond acceptors (Lipinski definition) is 4. The zero-order chi connectivity index (χ0) is 8.55. The number of piperidine rings is 1. The van der Waals surface area contributed by atoms with Crippen LogP contribution in [-0.4, -0.2) is 24.9 Å². The molecule has 2 rings (SSSR count). The Hall–Kier alpha value is -0.630. The zero-order valence-electron chi connectivity index (χ0n) is 6.86. The summed E-state index contributed by atoms with van der Waals surface area (Å²) in [5.74, 6) is 0.492. The molecule has 2 aliphatic rings. The molecule has 2 saturated heterocycles. The van der Waals surface area contributed by atoms with Crippen LogP contribution in [0, 0.1) is 17.2 Å². The van der Waals surface area contributed by atoms with Gasteiger partial charge in [0.1, 0.15) is 6.10 Å². The summed E-state index contributed by atoms with van der Waals surface area (Å²) in [4.78, 5) is 0. The maximum atomic E-state index is 8.65. The van der Waals surface area contributed by atoms with Crippen molar-refractivity contribution in [2.45, 2.75) is 31.2 Å². The van der Waals surface area contributed by atoms with Gasteiger partial charge in [0, 0.05) is 6.54 Å². The summed E-state index contributed by atoms with van der Waals surface area (Å²) in [5.41, 5.74) is 5.73. The van der Waals surface area contributed by atoms with E-state index in [1.807, 2.05) is 0 Å². The largest absolute Gasteiger partial charge is 0.358 e. The number of fused-ring (bicyclic) bond motifs is 1. The Bertz CT molecular complexity index is 213. The summed E-state index contributed by atoms with van der Waals surface area (Å²) in [6.07, 6.45) is 1.90. The van der Waals surface area contributed by atoms with Crippen molar-refractivity contribution in [2.24, 2.45) is 11.7 Å². The third-order valence-corrected chi connectivity index (χ3v) is 2.66. The van der Waals surface area contributed by atoms with Crippen LogP contribution in [0.4, 0.5) is 0 Å². The van der Waals surface area contributed by atoms with Crippen LogP contribution in [0.15, 0.2) is 0 Å². The van der Waals surface area contributed by atoms with Gasteiger partial charge in [-0.3, -0.25) is 5.32 Å². The van der Waals surface area contributed by atoms with E-state index < -0.39 is 0 Å². The van der Waals surface area contributed by atoms with Gasteiger partial charge in [-0.05, 0) is 18.8 Å². The Morgan fingerprint density at radius 2 is 2.33 bits per heavy atom. The fourth-order valence-electron chi connectivity index (χ4n) is 2.03. The Morgan fingerprint density at radius 3 is 3.08 bits per heavy atom. The molecule has 2 aliphatic heterocycles. The van der Waals surface area contributed by atoms with Crippen LogP contribution in [0.25, 0.3) is 0 Å². The molecule has 4 atom stereocenters. The first kappa shape index (κ1) is 7.99. The zero-order valence-corrected chi connectivity index (χ0v) is 6.86. The Balaban J connectivity index is 1.99. The highest BCUT2D eigenvalue weighted by Gasteiger charge is 2.38. The van der Waals surface area contributed by atoms with E-state index in [0.29, 0.717) is 5.92 Å². The van der Waals surface area contributed by atoms with E-state index in [1.165, 1.54) is 0 Å². The number of rotatable bonds is 0. The van der Waals surface area contributed by atoms with Crippen molar-refractivity contribution < 1.29 is 4.74 Å². The van der Waals surface area contributed by atoms with Crippen molar-refractivity contribution in [3.8, 4) is 6.07 Å². The monoisotopic (exact) mass is 167 g/mol. The molecule has 4 unspecified atom stereocenters. The van der Waals surface area contributed by atoms with Gasteiger partial charge in [0.2, 0.25) is 0 Å². The minimum atomic E-state index is -0.202. The van der Waals surface area contributed by atoms with Crippen LogP contribution >= 0.6 is 0 Å². The number of nitrogens with two attached hydrogens (primary N) is 1. The second kappa shape index (κ2) is 3.02. The number of ether oxygens (including phenoxy) is 1. The number of hydrogen-bond donors (Lipinski definition) is 2. The average molecular weight is 167 g/mol. The first-order valence-electron chi connectivity index (χ1n) is 4.33. The van der Waals surface area contributed by atoms with Crippen molar-refractivity contribution >= 4 is 0 Å². The Kier molecular flexibility index (Phi) is 2.01. The lowest BCUT2D eigenvalue weighted by Gasteiger charge is -2.29. The van der Waals surface area contributed by atoms with Gasteiger partial charge in [-0.25, -0.2) is 0 Å². The van der Waals surface area contributed by atoms with E-state index in [2.05, 4.69) is 11.4 Å². The van der Waals surface area contributed by atoms with E-state index >= 15 is 0 Å². The predicted octanol–water partition coefficient (Wildman–Crippen LogP) is -0.438. The van der Waals surface area contributed by atoms with Crippen molar-refractivity contribution in [1.82, 2.24) is 5.32 Å². The third kappa shape index (κ3) is 1.31. The van der Waals surface area contributed by atoms with Crippen molar-refractivity contribution in [1.29, 1.82) is 5.26 Å². The molecule has 12 heavy (non-hydrogen) atoms. The van der Waals surface area contributed by atoms with E-state index in [-0.39, 0.29) is 18.4 Å². The number of nitriles is 1. The smallest absolute Gasteiger partial charge is 0.144 e. The fourth-order valence-corrected chi connectivity index (χ4v) is 2.03. The molecule has 0 radical (unpaired) electrons. The second-order valence-corrected chi connectivity index (χ2v) is 3.54. The first-order chi connectivity index (χ1) is 5.79. The lowest BCUT2D eigenvalue weighted by molar-refractivity contribution is 0.0426. The van der Waals surface area contributed by atoms with Gasteiger partial charge in [-0.2, -0.15) is 5.26 Å². The lowest BCUT2D eigenvalue weighted by Crippen LogP contribution is -2.49. The van der Waals surface area contributed by atoms with Crippen molar-refractivity contribution in [3.63, 3.8) is 0 Å². The molecule has 2 fully saturated rings. The number of nitrogens with one attached hydrogen (secondary N) is 1. The van der Waals surface area contributed by atoms with Crippen LogP contribution in [0.2, 0.25) is 0 Å². The van der Waals surface area contributed by atoms with E-state index in [9.17, 15) is 0 Å². The summed E-state index contributed by atoms with van der Waals surface area (Å²) < 4.78 is 5.48. The van der Waals surface area contributed by atoms with Crippen LogP contribution < -0.4 is 11.1 Å². The van der Waals surface area contributed by atoms with Crippen LogP contribution in [0.3, 0.4) is 0 Å². The molecular formula is C8H13N3O. The standard InChI is InChI=1S/C8H13N3O/c9-3-6-1-5-2-8(10)11-4-7(5)12-6/h5-8,11H,1-2,4,10H2. The molecule has 0 aliphatic carbocycles. The van der Waals surface area contributed by atoms with E-state index in [0.717, 1.165) is 19.4 Å². The number of nitrogens with zero attached hydrogens (tertiary/aromatic N) is 1. The van der Waals surface area contributed by atoms with Gasteiger partial charge >= 0.3 is 0 Å². The molecular weight excluding hydrogens is 154 g/mol. The van der Waals surface area contributed by atoms with Crippen molar-refractivity contribution in [3.05, 3.63) is 0 Å². The SMILES string of the molecule is N#CC1CC2CC(N)NCC2O1. The first-order valence-corrected chi connectivity index (χ1v) is 4.33. The molecule has 0 saturated carbocycles. The summed E-state index contributed by atoms with van der Waals surface area (Å²) in [6, 6.07) is 2.14. The minimum absolute atomic E-state index is 0.0901. The quantitative estimate of drug-likeness (QED) is 0.513.